The van der Waals surface area contributed by atoms with Crippen LogP contribution < -0.4 is 15.1 Å². The molecular formula is C20H26FN5O. The number of para-hydroxylation sites is 1. The first-order valence-corrected chi connectivity index (χ1v) is 9.15. The zero-order valence-electron chi connectivity index (χ0n) is 16.3. The van der Waals surface area contributed by atoms with Crippen molar-refractivity contribution in [3.8, 4) is 0 Å². The predicted octanol–water partition coefficient (Wildman–Crippen LogP) is 2.78. The number of carbonyl (C=O) groups excluding carboxylic acids is 1. The van der Waals surface area contributed by atoms with Gasteiger partial charge in [0.2, 0.25) is 0 Å². The van der Waals surface area contributed by atoms with Crippen molar-refractivity contribution in [2.45, 2.75) is 33.2 Å². The summed E-state index contributed by atoms with van der Waals surface area (Å²) in [6.07, 6.45) is 0. The van der Waals surface area contributed by atoms with E-state index in [1.807, 2.05) is 31.7 Å². The van der Waals surface area contributed by atoms with E-state index in [1.165, 1.54) is 6.07 Å². The Labute approximate surface area is 159 Å². The van der Waals surface area contributed by atoms with Crippen LogP contribution in [0.1, 0.15) is 37.1 Å². The molecule has 6 nitrogen and oxygen atoms in total. The molecule has 0 aliphatic carbocycles. The number of nitrogens with zero attached hydrogens (tertiary/aromatic N) is 4. The molecule has 2 heterocycles. The summed E-state index contributed by atoms with van der Waals surface area (Å²) in [5, 5.41) is 2.93. The van der Waals surface area contributed by atoms with E-state index in [0.717, 1.165) is 5.82 Å². The number of rotatable bonds is 3. The number of aryl methyl sites for hydroxylation is 1. The van der Waals surface area contributed by atoms with Gasteiger partial charge in [0, 0.05) is 37.8 Å². The van der Waals surface area contributed by atoms with E-state index in [4.69, 9.17) is 0 Å². The van der Waals surface area contributed by atoms with Gasteiger partial charge in [-0.15, -0.1) is 0 Å². The third-order valence-electron chi connectivity index (χ3n) is 4.34. The topological polar surface area (TPSA) is 61.4 Å². The Morgan fingerprint density at radius 2 is 1.70 bits per heavy atom. The summed E-state index contributed by atoms with van der Waals surface area (Å²) in [5.41, 5.74) is 0.659. The number of nitrogens with one attached hydrogen (secondary N) is 1. The number of benzene rings is 1. The first-order chi connectivity index (χ1) is 12.7. The molecule has 1 aromatic carbocycles. The van der Waals surface area contributed by atoms with Crippen LogP contribution in [0.15, 0.2) is 30.3 Å². The number of anilines is 2. The van der Waals surface area contributed by atoms with Crippen LogP contribution in [0, 0.1) is 12.7 Å². The van der Waals surface area contributed by atoms with Gasteiger partial charge in [-0.1, -0.05) is 12.1 Å². The van der Waals surface area contributed by atoms with Crippen LogP contribution in [0.5, 0.6) is 0 Å². The van der Waals surface area contributed by atoms with Crippen LogP contribution >= 0.6 is 0 Å². The number of piperazine rings is 1. The van der Waals surface area contributed by atoms with Gasteiger partial charge in [0.25, 0.3) is 5.91 Å². The molecule has 1 amide bonds. The Bertz CT molecular complexity index is 825. The monoisotopic (exact) mass is 371 g/mol. The normalized spacial score (nSPS) is 15.0. The summed E-state index contributed by atoms with van der Waals surface area (Å²) in [6.45, 7) is 10.4. The molecule has 1 aromatic heterocycles. The van der Waals surface area contributed by atoms with E-state index in [0.29, 0.717) is 43.4 Å². The Morgan fingerprint density at radius 3 is 2.33 bits per heavy atom. The van der Waals surface area contributed by atoms with E-state index < -0.39 is 0 Å². The fourth-order valence-corrected chi connectivity index (χ4v) is 3.12. The summed E-state index contributed by atoms with van der Waals surface area (Å²) in [4.78, 5) is 25.4. The largest absolute Gasteiger partial charge is 0.366 e. The van der Waals surface area contributed by atoms with Gasteiger partial charge in [-0.3, -0.25) is 4.79 Å². The molecule has 2 aromatic rings. The summed E-state index contributed by atoms with van der Waals surface area (Å²) in [6, 6.07) is 8.55. The molecule has 144 valence electrons. The van der Waals surface area contributed by atoms with Crippen molar-refractivity contribution in [1.82, 2.24) is 15.3 Å². The first-order valence-electron chi connectivity index (χ1n) is 9.15. The lowest BCUT2D eigenvalue weighted by molar-refractivity contribution is 0.0914. The van der Waals surface area contributed by atoms with Crippen LogP contribution in [0.3, 0.4) is 0 Å². The van der Waals surface area contributed by atoms with E-state index in [9.17, 15) is 9.18 Å². The minimum absolute atomic E-state index is 0.204. The van der Waals surface area contributed by atoms with Gasteiger partial charge in [0.15, 0.2) is 0 Å². The van der Waals surface area contributed by atoms with E-state index in [-0.39, 0.29) is 17.3 Å². The van der Waals surface area contributed by atoms with Crippen LogP contribution in [0.2, 0.25) is 0 Å². The number of hydrogen-bond donors (Lipinski definition) is 1. The number of carbonyl (C=O) groups is 1. The molecule has 3 rings (SSSR count). The highest BCUT2D eigenvalue weighted by Crippen LogP contribution is 2.22. The van der Waals surface area contributed by atoms with Gasteiger partial charge in [0.1, 0.15) is 23.2 Å². The van der Waals surface area contributed by atoms with E-state index in [1.54, 1.807) is 25.1 Å². The smallest absolute Gasteiger partial charge is 0.270 e. The summed E-state index contributed by atoms with van der Waals surface area (Å²) >= 11 is 0. The van der Waals surface area contributed by atoms with E-state index >= 15 is 0 Å². The zero-order valence-corrected chi connectivity index (χ0v) is 16.3. The molecular weight excluding hydrogens is 345 g/mol. The fourth-order valence-electron chi connectivity index (χ4n) is 3.12. The summed E-state index contributed by atoms with van der Waals surface area (Å²) < 4.78 is 14.0. The first kappa shape index (κ1) is 19.1. The second kappa shape index (κ2) is 7.50. The molecule has 1 aliphatic heterocycles. The second-order valence-corrected chi connectivity index (χ2v) is 7.79. The number of amides is 1. The minimum atomic E-state index is -0.332. The van der Waals surface area contributed by atoms with Gasteiger partial charge in [-0.25, -0.2) is 14.4 Å². The van der Waals surface area contributed by atoms with Crippen molar-refractivity contribution in [3.05, 3.63) is 47.7 Å². The number of hydrogen-bond acceptors (Lipinski definition) is 5. The molecule has 7 heteroatoms. The Hall–Kier alpha value is -2.70. The average molecular weight is 371 g/mol. The quantitative estimate of drug-likeness (QED) is 0.899. The Morgan fingerprint density at radius 1 is 1.07 bits per heavy atom. The molecule has 1 fully saturated rings. The van der Waals surface area contributed by atoms with Gasteiger partial charge < -0.3 is 15.1 Å². The molecule has 0 unspecified atom stereocenters. The van der Waals surface area contributed by atoms with Crippen molar-refractivity contribution < 1.29 is 9.18 Å². The van der Waals surface area contributed by atoms with Crippen molar-refractivity contribution in [2.75, 3.05) is 36.0 Å². The van der Waals surface area contributed by atoms with Gasteiger partial charge >= 0.3 is 0 Å². The average Bonchev–Trinajstić information content (AvgIpc) is 2.60. The maximum atomic E-state index is 14.0. The Balaban J connectivity index is 1.73. The van der Waals surface area contributed by atoms with Gasteiger partial charge in [-0.2, -0.15) is 0 Å². The maximum Gasteiger partial charge on any atom is 0.270 e. The predicted molar refractivity (Wildman–Crippen MR) is 105 cm³/mol. The molecule has 1 saturated heterocycles. The molecule has 1 aliphatic rings. The Kier molecular flexibility index (Phi) is 5.30. The highest BCUT2D eigenvalue weighted by atomic mass is 19.1. The maximum absolute atomic E-state index is 14.0. The SMILES string of the molecule is Cc1nc(C(=O)NC(C)(C)C)cc(N2CCN(c3ccccc3F)CC2)n1. The van der Waals surface area contributed by atoms with Crippen molar-refractivity contribution in [1.29, 1.82) is 0 Å². The van der Waals surface area contributed by atoms with Crippen LogP contribution in [-0.4, -0.2) is 47.6 Å². The standard InChI is InChI=1S/C20H26FN5O/c1-14-22-16(19(27)24-20(2,3)4)13-18(23-14)26-11-9-25(10-12-26)17-8-6-5-7-15(17)21/h5-8,13H,9-12H2,1-4H3,(H,24,27). The lowest BCUT2D eigenvalue weighted by Crippen LogP contribution is -2.47. The number of halogens is 1. The van der Waals surface area contributed by atoms with Crippen molar-refractivity contribution in [3.63, 3.8) is 0 Å². The highest BCUT2D eigenvalue weighted by Gasteiger charge is 2.23. The molecule has 0 bridgehead atoms. The van der Waals surface area contributed by atoms with Crippen LogP contribution in [0.25, 0.3) is 0 Å². The van der Waals surface area contributed by atoms with Crippen LogP contribution in [0.4, 0.5) is 15.9 Å². The fraction of sp³-hybridized carbons (Fsp3) is 0.450. The third-order valence-corrected chi connectivity index (χ3v) is 4.34. The third kappa shape index (κ3) is 4.72. The molecule has 0 saturated carbocycles. The lowest BCUT2D eigenvalue weighted by atomic mass is 10.1. The van der Waals surface area contributed by atoms with Crippen molar-refractivity contribution >= 4 is 17.4 Å². The summed E-state index contributed by atoms with van der Waals surface area (Å²) in [7, 11) is 0. The second-order valence-electron chi connectivity index (χ2n) is 7.79. The van der Waals surface area contributed by atoms with Gasteiger partial charge in [-0.05, 0) is 39.8 Å². The molecule has 0 atom stereocenters. The highest BCUT2D eigenvalue weighted by molar-refractivity contribution is 5.93. The van der Waals surface area contributed by atoms with E-state index in [2.05, 4.69) is 20.2 Å². The molecule has 0 spiro atoms. The molecule has 1 N–H and O–H groups in total. The zero-order chi connectivity index (χ0) is 19.6. The lowest BCUT2D eigenvalue weighted by Gasteiger charge is -2.37. The molecule has 0 radical (unpaired) electrons. The molecule has 27 heavy (non-hydrogen) atoms. The summed E-state index contributed by atoms with van der Waals surface area (Å²) in [5.74, 6) is 0.877. The minimum Gasteiger partial charge on any atom is -0.366 e. The number of aromatic nitrogens is 2. The van der Waals surface area contributed by atoms with Gasteiger partial charge in [0.05, 0.1) is 5.69 Å². The van der Waals surface area contributed by atoms with Crippen LogP contribution in [-0.2, 0) is 0 Å². The van der Waals surface area contributed by atoms with Crippen molar-refractivity contribution in [2.24, 2.45) is 0 Å².